The Morgan fingerprint density at radius 1 is 0.829 bits per heavy atom. The molecule has 10 heteroatoms. The number of rotatable bonds is 8. The molecule has 0 heterocycles. The van der Waals surface area contributed by atoms with Crippen molar-refractivity contribution in [3.05, 3.63) is 60.7 Å². The lowest BCUT2D eigenvalue weighted by molar-refractivity contribution is -0.123. The Kier molecular flexibility index (Phi) is 7.98. The smallest absolute Gasteiger partial charge is 0.411 e. The van der Waals surface area contributed by atoms with Crippen molar-refractivity contribution in [1.29, 1.82) is 0 Å². The third-order valence-electron chi connectivity index (χ3n) is 5.01. The van der Waals surface area contributed by atoms with Gasteiger partial charge >= 0.3 is 6.09 Å². The van der Waals surface area contributed by atoms with Gasteiger partial charge in [-0.05, 0) is 36.4 Å². The average molecular weight is 500 g/mol. The molecule has 186 valence electrons. The molecule has 0 spiro atoms. The quantitative estimate of drug-likeness (QED) is 0.382. The highest BCUT2D eigenvalue weighted by Gasteiger charge is 2.22. The van der Waals surface area contributed by atoms with Crippen molar-refractivity contribution in [2.24, 2.45) is 5.41 Å². The van der Waals surface area contributed by atoms with Crippen molar-refractivity contribution >= 4 is 49.9 Å². The molecule has 0 radical (unpaired) electrons. The molecule has 0 atom stereocenters. The van der Waals surface area contributed by atoms with Gasteiger partial charge in [0.05, 0.1) is 17.2 Å². The van der Waals surface area contributed by atoms with Crippen LogP contribution in [0.25, 0.3) is 10.8 Å². The Balaban J connectivity index is 1.82. The van der Waals surface area contributed by atoms with Crippen LogP contribution in [0.4, 0.5) is 21.9 Å². The van der Waals surface area contributed by atoms with E-state index in [1.165, 1.54) is 13.2 Å². The third kappa shape index (κ3) is 6.71. The molecule has 3 aromatic rings. The van der Waals surface area contributed by atoms with Crippen LogP contribution in [0.15, 0.2) is 65.6 Å². The van der Waals surface area contributed by atoms with Gasteiger partial charge in [-0.2, -0.15) is 0 Å². The van der Waals surface area contributed by atoms with E-state index >= 15 is 0 Å². The molecule has 0 aliphatic heterocycles. The first-order valence-electron chi connectivity index (χ1n) is 10.9. The fourth-order valence-electron chi connectivity index (χ4n) is 3.14. The Labute approximate surface area is 204 Å². The van der Waals surface area contributed by atoms with Gasteiger partial charge < -0.3 is 14.8 Å². The maximum atomic E-state index is 13.2. The molecule has 0 aromatic heterocycles. The molecule has 3 N–H and O–H groups in total. The Hall–Kier alpha value is -3.63. The van der Waals surface area contributed by atoms with Crippen LogP contribution >= 0.6 is 0 Å². The summed E-state index contributed by atoms with van der Waals surface area (Å²) in [6.07, 6.45) is -0.667. The van der Waals surface area contributed by atoms with Gasteiger partial charge in [-0.15, -0.1) is 0 Å². The van der Waals surface area contributed by atoms with Gasteiger partial charge in [0.25, 0.3) is 10.0 Å². The monoisotopic (exact) mass is 499 g/mol. The molecule has 9 nitrogen and oxygen atoms in total. The van der Waals surface area contributed by atoms with Crippen LogP contribution in [0, 0.1) is 5.41 Å². The van der Waals surface area contributed by atoms with Crippen molar-refractivity contribution in [2.45, 2.75) is 25.7 Å². The fourth-order valence-corrected chi connectivity index (χ4v) is 4.42. The highest BCUT2D eigenvalue weighted by atomic mass is 32.2. The predicted molar refractivity (Wildman–Crippen MR) is 136 cm³/mol. The summed E-state index contributed by atoms with van der Waals surface area (Å²) in [5.41, 5.74) is 0.766. The first-order chi connectivity index (χ1) is 16.5. The van der Waals surface area contributed by atoms with Gasteiger partial charge in [-0.3, -0.25) is 14.8 Å². The van der Waals surface area contributed by atoms with Gasteiger partial charge in [0.2, 0.25) is 5.91 Å². The van der Waals surface area contributed by atoms with Gasteiger partial charge in [0.1, 0.15) is 6.61 Å². The highest BCUT2D eigenvalue weighted by molar-refractivity contribution is 7.93. The second-order valence-electron chi connectivity index (χ2n) is 8.80. The van der Waals surface area contributed by atoms with Crippen LogP contribution < -0.4 is 15.4 Å². The second-order valence-corrected chi connectivity index (χ2v) is 10.4. The van der Waals surface area contributed by atoms with E-state index < -0.39 is 21.5 Å². The molecule has 2 amide bonds. The van der Waals surface area contributed by atoms with Crippen molar-refractivity contribution in [3.63, 3.8) is 0 Å². The molecule has 0 saturated heterocycles. The summed E-state index contributed by atoms with van der Waals surface area (Å²) in [6.45, 7) is 5.77. The number of nitrogens with one attached hydrogen (secondary N) is 3. The molecule has 0 aliphatic rings. The lowest BCUT2D eigenvalue weighted by Crippen LogP contribution is -2.27. The fraction of sp³-hybridized carbons (Fsp3) is 0.280. The first-order valence-corrected chi connectivity index (χ1v) is 12.4. The molecule has 0 saturated carbocycles. The van der Waals surface area contributed by atoms with Crippen LogP contribution in [0.2, 0.25) is 0 Å². The maximum Gasteiger partial charge on any atom is 0.411 e. The van der Waals surface area contributed by atoms with Crippen molar-refractivity contribution < 1.29 is 27.5 Å². The standard InChI is InChI=1S/C25H29N3O6S/c1-25(2,3)23(29)26-17-11-13-18(14-12-17)28-35(31,32)22-10-6-7-19-20(22)8-5-9-21(19)27-24(30)34-16-15-33-4/h5-14,28H,15-16H2,1-4H3,(H,26,29)(H,27,30). The summed E-state index contributed by atoms with van der Waals surface area (Å²) >= 11 is 0. The zero-order chi connectivity index (χ0) is 25.6. The Bertz CT molecular complexity index is 1320. The van der Waals surface area contributed by atoms with Crippen LogP contribution in [-0.4, -0.2) is 40.7 Å². The summed E-state index contributed by atoms with van der Waals surface area (Å²) in [4.78, 5) is 24.3. The number of anilines is 3. The summed E-state index contributed by atoms with van der Waals surface area (Å²) in [6, 6.07) is 16.2. The van der Waals surface area contributed by atoms with E-state index in [0.29, 0.717) is 27.8 Å². The number of amides is 2. The van der Waals surface area contributed by atoms with Gasteiger partial charge in [0, 0.05) is 34.7 Å². The molecule has 0 aliphatic carbocycles. The number of hydrogen-bond acceptors (Lipinski definition) is 6. The maximum absolute atomic E-state index is 13.2. The third-order valence-corrected chi connectivity index (χ3v) is 6.44. The summed E-state index contributed by atoms with van der Waals surface area (Å²) in [5, 5.41) is 6.41. The number of carbonyl (C=O) groups is 2. The number of hydrogen-bond donors (Lipinski definition) is 3. The average Bonchev–Trinajstić information content (AvgIpc) is 2.79. The largest absolute Gasteiger partial charge is 0.447 e. The lowest BCUT2D eigenvalue weighted by Gasteiger charge is -2.18. The molecular formula is C25H29N3O6S. The van der Waals surface area contributed by atoms with E-state index in [4.69, 9.17) is 9.47 Å². The van der Waals surface area contributed by atoms with Gasteiger partial charge in [-0.25, -0.2) is 13.2 Å². The zero-order valence-corrected chi connectivity index (χ0v) is 20.9. The van der Waals surface area contributed by atoms with Crippen molar-refractivity contribution in [2.75, 3.05) is 35.7 Å². The van der Waals surface area contributed by atoms with E-state index in [9.17, 15) is 18.0 Å². The van der Waals surface area contributed by atoms with Crippen LogP contribution in [0.3, 0.4) is 0 Å². The molecule has 0 fully saturated rings. The number of carbonyl (C=O) groups excluding carboxylic acids is 2. The lowest BCUT2D eigenvalue weighted by atomic mass is 9.95. The number of methoxy groups -OCH3 is 1. The number of benzene rings is 3. The topological polar surface area (TPSA) is 123 Å². The van der Waals surface area contributed by atoms with Crippen molar-refractivity contribution in [3.8, 4) is 0 Å². The molecule has 0 bridgehead atoms. The van der Waals surface area contributed by atoms with E-state index in [1.807, 2.05) is 0 Å². The van der Waals surface area contributed by atoms with Gasteiger partial charge in [0.15, 0.2) is 0 Å². The zero-order valence-electron chi connectivity index (χ0n) is 20.0. The normalized spacial score (nSPS) is 11.7. The molecule has 3 aromatic carbocycles. The Morgan fingerprint density at radius 3 is 2.11 bits per heavy atom. The van der Waals surface area contributed by atoms with Gasteiger partial charge in [-0.1, -0.05) is 45.0 Å². The summed E-state index contributed by atoms with van der Waals surface area (Å²) < 4.78 is 38.9. The summed E-state index contributed by atoms with van der Waals surface area (Å²) in [7, 11) is -2.46. The minimum absolute atomic E-state index is 0.0523. The molecular weight excluding hydrogens is 470 g/mol. The second kappa shape index (κ2) is 10.7. The molecule has 3 rings (SSSR count). The number of ether oxygens (including phenoxy) is 2. The molecule has 35 heavy (non-hydrogen) atoms. The van der Waals surface area contributed by atoms with E-state index in [2.05, 4.69) is 15.4 Å². The van der Waals surface area contributed by atoms with Crippen molar-refractivity contribution in [1.82, 2.24) is 0 Å². The SMILES string of the molecule is COCCOC(=O)Nc1cccc2c(S(=O)(=O)Nc3ccc(NC(=O)C(C)(C)C)cc3)cccc12. The summed E-state index contributed by atoms with van der Waals surface area (Å²) in [5.74, 6) is -0.145. The van der Waals surface area contributed by atoms with Crippen LogP contribution in [-0.2, 0) is 24.3 Å². The first kappa shape index (κ1) is 26.0. The van der Waals surface area contributed by atoms with E-state index in [-0.39, 0.29) is 24.0 Å². The van der Waals surface area contributed by atoms with E-state index in [0.717, 1.165) is 0 Å². The number of fused-ring (bicyclic) bond motifs is 1. The van der Waals surface area contributed by atoms with Crippen LogP contribution in [0.5, 0.6) is 0 Å². The minimum Gasteiger partial charge on any atom is -0.447 e. The highest BCUT2D eigenvalue weighted by Crippen LogP contribution is 2.30. The van der Waals surface area contributed by atoms with Crippen LogP contribution in [0.1, 0.15) is 20.8 Å². The Morgan fingerprint density at radius 2 is 1.46 bits per heavy atom. The minimum atomic E-state index is -3.96. The van der Waals surface area contributed by atoms with E-state index in [1.54, 1.807) is 75.4 Å². The predicted octanol–water partition coefficient (Wildman–Crippen LogP) is 4.82. The number of sulfonamides is 1. The molecule has 0 unspecified atom stereocenters.